The predicted octanol–water partition coefficient (Wildman–Crippen LogP) is 6.00. The summed E-state index contributed by atoms with van der Waals surface area (Å²) in [6.07, 6.45) is 1.83. The van der Waals surface area contributed by atoms with E-state index in [2.05, 4.69) is 10.3 Å². The number of hydrogen-bond donors (Lipinski definition) is 2. The molecule has 5 rings (SSSR count). The maximum absolute atomic E-state index is 11.4. The average molecular weight is 500 g/mol. The minimum absolute atomic E-state index is 0.0767. The van der Waals surface area contributed by atoms with Crippen molar-refractivity contribution in [1.29, 1.82) is 0 Å². The number of aromatic nitrogens is 1. The summed E-state index contributed by atoms with van der Waals surface area (Å²) in [5, 5.41) is 13.3. The summed E-state index contributed by atoms with van der Waals surface area (Å²) in [7, 11) is 0. The first-order valence-electron chi connectivity index (χ1n) is 11.6. The van der Waals surface area contributed by atoms with Crippen LogP contribution in [0.4, 0.5) is 5.69 Å². The molecule has 3 heterocycles. The number of nitrogens with one attached hydrogen (secondary N) is 1. The van der Waals surface area contributed by atoms with E-state index in [0.29, 0.717) is 22.2 Å². The number of benzene rings is 2. The molecule has 0 saturated carbocycles. The van der Waals surface area contributed by atoms with Crippen molar-refractivity contribution in [2.75, 3.05) is 4.90 Å². The highest BCUT2D eigenvalue weighted by atomic mass is 32.1. The topological polar surface area (TPSA) is 87.8 Å². The summed E-state index contributed by atoms with van der Waals surface area (Å²) >= 11 is 5.77. The Kier molecular flexibility index (Phi) is 6.43. The third-order valence-corrected chi connectivity index (χ3v) is 6.21. The zero-order valence-corrected chi connectivity index (χ0v) is 20.6. The van der Waals surface area contributed by atoms with Crippen LogP contribution in [0, 0.1) is 0 Å². The molecule has 2 aromatic carbocycles. The minimum Gasteiger partial charge on any atom is -0.491 e. The summed E-state index contributed by atoms with van der Waals surface area (Å²) in [4.78, 5) is 18.0. The first-order chi connectivity index (χ1) is 17.4. The van der Waals surface area contributed by atoms with Crippen LogP contribution in [0.5, 0.6) is 5.75 Å². The fraction of sp³-hybridized carbons (Fsp3) is 0.179. The van der Waals surface area contributed by atoms with Crippen LogP contribution in [0.3, 0.4) is 0 Å². The lowest BCUT2D eigenvalue weighted by atomic mass is 10.0. The molecule has 0 radical (unpaired) electrons. The monoisotopic (exact) mass is 499 g/mol. The third-order valence-electron chi connectivity index (χ3n) is 5.90. The highest BCUT2D eigenvalue weighted by Gasteiger charge is 2.42. The van der Waals surface area contributed by atoms with Gasteiger partial charge in [0.25, 0.3) is 0 Å². The van der Waals surface area contributed by atoms with Gasteiger partial charge >= 0.3 is 5.97 Å². The van der Waals surface area contributed by atoms with E-state index in [1.807, 2.05) is 79.4 Å². The van der Waals surface area contributed by atoms with E-state index in [4.69, 9.17) is 21.4 Å². The lowest BCUT2D eigenvalue weighted by Crippen LogP contribution is -2.29. The molecular formula is C28H25N3O4S. The van der Waals surface area contributed by atoms with Gasteiger partial charge in [-0.2, -0.15) is 0 Å². The standard InChI is InChI=1S/C28H25N3O4S/c1-17(2)34-21-11-9-20(10-12-21)31-26(25(30-28(31)36)22-8-3-4-15-29-22)24-14-13-23(35-24)18-6-5-7-19(16-18)27(32)33/h3-17,25-26H,1-2H3,(H,30,36)(H,32,33)/t25-,26-/m1/s1. The van der Waals surface area contributed by atoms with Gasteiger partial charge in [0, 0.05) is 17.4 Å². The van der Waals surface area contributed by atoms with Crippen molar-refractivity contribution < 1.29 is 19.1 Å². The minimum atomic E-state index is -0.986. The van der Waals surface area contributed by atoms with Gasteiger partial charge in [-0.1, -0.05) is 18.2 Å². The quantitative estimate of drug-likeness (QED) is 0.299. The van der Waals surface area contributed by atoms with Crippen LogP contribution in [0.15, 0.2) is 89.5 Å². The highest BCUT2D eigenvalue weighted by molar-refractivity contribution is 7.80. The van der Waals surface area contributed by atoms with Gasteiger partial charge < -0.3 is 24.5 Å². The Bertz CT molecular complexity index is 1390. The van der Waals surface area contributed by atoms with E-state index >= 15 is 0 Å². The Balaban J connectivity index is 1.55. The average Bonchev–Trinajstić information content (AvgIpc) is 3.49. The van der Waals surface area contributed by atoms with Crippen LogP contribution < -0.4 is 15.0 Å². The van der Waals surface area contributed by atoms with Gasteiger partial charge in [-0.25, -0.2) is 4.79 Å². The summed E-state index contributed by atoms with van der Waals surface area (Å²) in [6.45, 7) is 3.98. The van der Waals surface area contributed by atoms with Crippen molar-refractivity contribution in [3.05, 3.63) is 102 Å². The number of rotatable bonds is 7. The molecule has 0 aliphatic carbocycles. The SMILES string of the molecule is CC(C)Oc1ccc(N2C(=S)N[C@H](c3ccccn3)[C@H]2c2ccc(-c3cccc(C(=O)O)c3)o2)cc1. The van der Waals surface area contributed by atoms with Crippen LogP contribution in [0.2, 0.25) is 0 Å². The van der Waals surface area contributed by atoms with Crippen LogP contribution in [-0.2, 0) is 0 Å². The molecular weight excluding hydrogens is 474 g/mol. The zero-order chi connectivity index (χ0) is 25.2. The predicted molar refractivity (Wildman–Crippen MR) is 141 cm³/mol. The molecule has 0 amide bonds. The van der Waals surface area contributed by atoms with Gasteiger partial charge in [0.05, 0.1) is 23.4 Å². The Labute approximate surface area is 214 Å². The van der Waals surface area contributed by atoms with Crippen molar-refractivity contribution in [2.45, 2.75) is 32.0 Å². The van der Waals surface area contributed by atoms with E-state index in [-0.39, 0.29) is 23.8 Å². The molecule has 4 aromatic rings. The van der Waals surface area contributed by atoms with Gasteiger partial charge in [-0.05, 0) is 86.7 Å². The number of anilines is 1. The Hall–Kier alpha value is -4.17. The lowest BCUT2D eigenvalue weighted by Gasteiger charge is -2.26. The number of furan rings is 1. The Morgan fingerprint density at radius 3 is 2.58 bits per heavy atom. The molecule has 1 aliphatic heterocycles. The van der Waals surface area contributed by atoms with Crippen molar-refractivity contribution >= 4 is 29.0 Å². The van der Waals surface area contributed by atoms with Crippen molar-refractivity contribution in [3.63, 3.8) is 0 Å². The smallest absolute Gasteiger partial charge is 0.335 e. The molecule has 7 nitrogen and oxygen atoms in total. The highest BCUT2D eigenvalue weighted by Crippen LogP contribution is 2.43. The summed E-state index contributed by atoms with van der Waals surface area (Å²) < 4.78 is 12.1. The fourth-order valence-electron chi connectivity index (χ4n) is 4.35. The number of nitrogens with zero attached hydrogens (tertiary/aromatic N) is 2. The van der Waals surface area contributed by atoms with Gasteiger partial charge in [0.1, 0.15) is 23.3 Å². The van der Waals surface area contributed by atoms with Crippen LogP contribution in [0.1, 0.15) is 47.7 Å². The second-order valence-corrected chi connectivity index (χ2v) is 9.13. The maximum Gasteiger partial charge on any atom is 0.335 e. The van der Waals surface area contributed by atoms with E-state index in [0.717, 1.165) is 17.1 Å². The Morgan fingerprint density at radius 1 is 1.08 bits per heavy atom. The molecule has 0 unspecified atom stereocenters. The number of pyridine rings is 1. The zero-order valence-electron chi connectivity index (χ0n) is 19.8. The van der Waals surface area contributed by atoms with Gasteiger partial charge in [-0.3, -0.25) is 4.98 Å². The van der Waals surface area contributed by atoms with Crippen LogP contribution in [-0.4, -0.2) is 27.3 Å². The molecule has 1 aliphatic rings. The first-order valence-corrected chi connectivity index (χ1v) is 12.0. The van der Waals surface area contributed by atoms with Crippen molar-refractivity contribution in [1.82, 2.24) is 10.3 Å². The number of ether oxygens (including phenoxy) is 1. The summed E-state index contributed by atoms with van der Waals surface area (Å²) in [6, 6.07) is 23.4. The number of carboxylic acids is 1. The molecule has 1 fully saturated rings. The van der Waals surface area contributed by atoms with Crippen molar-refractivity contribution in [2.24, 2.45) is 0 Å². The van der Waals surface area contributed by atoms with Gasteiger partial charge in [0.2, 0.25) is 0 Å². The summed E-state index contributed by atoms with van der Waals surface area (Å²) in [5.74, 6) is 1.05. The molecule has 8 heteroatoms. The van der Waals surface area contributed by atoms with Gasteiger partial charge in [-0.15, -0.1) is 0 Å². The molecule has 0 bridgehead atoms. The molecule has 0 spiro atoms. The van der Waals surface area contributed by atoms with Crippen LogP contribution in [0.25, 0.3) is 11.3 Å². The largest absolute Gasteiger partial charge is 0.491 e. The number of carboxylic acid groups (broad SMARTS) is 1. The van der Waals surface area contributed by atoms with Gasteiger partial charge in [0.15, 0.2) is 5.11 Å². The van der Waals surface area contributed by atoms with Crippen molar-refractivity contribution in [3.8, 4) is 17.1 Å². The number of hydrogen-bond acceptors (Lipinski definition) is 5. The van der Waals surface area contributed by atoms with E-state index in [1.165, 1.54) is 0 Å². The molecule has 1 saturated heterocycles. The first kappa shape index (κ1) is 23.6. The third kappa shape index (κ3) is 4.67. The van der Waals surface area contributed by atoms with E-state index in [1.54, 1.807) is 24.4 Å². The normalized spacial score (nSPS) is 17.3. The second kappa shape index (κ2) is 9.83. The molecule has 2 N–H and O–H groups in total. The molecule has 2 aromatic heterocycles. The van der Waals surface area contributed by atoms with Crippen LogP contribution >= 0.6 is 12.2 Å². The maximum atomic E-state index is 11.4. The summed E-state index contributed by atoms with van der Waals surface area (Å²) in [5.41, 5.74) is 2.60. The second-order valence-electron chi connectivity index (χ2n) is 8.75. The number of carbonyl (C=O) groups is 1. The Morgan fingerprint density at radius 2 is 1.89 bits per heavy atom. The molecule has 36 heavy (non-hydrogen) atoms. The molecule has 2 atom stereocenters. The molecule has 182 valence electrons. The number of thiocarbonyl (C=S) groups is 1. The van der Waals surface area contributed by atoms with E-state index in [9.17, 15) is 9.90 Å². The number of aromatic carboxylic acids is 1. The lowest BCUT2D eigenvalue weighted by molar-refractivity contribution is 0.0697. The van der Waals surface area contributed by atoms with E-state index < -0.39 is 5.97 Å². The fourth-order valence-corrected chi connectivity index (χ4v) is 4.70.